The van der Waals surface area contributed by atoms with E-state index in [1.54, 1.807) is 5.38 Å². The molecule has 0 saturated carbocycles. The standard InChI is InChI=1S/C17H14N2O2S/c20-16(18-11-13-7-3-1-4-8-13)15-12-22-17(19-15)21-14-9-5-2-6-10-14/h1-10,12H,11H2,(H,18,20). The zero-order valence-electron chi connectivity index (χ0n) is 11.7. The summed E-state index contributed by atoms with van der Waals surface area (Å²) < 4.78 is 5.60. The van der Waals surface area contributed by atoms with E-state index in [0.717, 1.165) is 5.56 Å². The van der Waals surface area contributed by atoms with Gasteiger partial charge in [-0.25, -0.2) is 0 Å². The number of thiazole rings is 1. The monoisotopic (exact) mass is 310 g/mol. The van der Waals surface area contributed by atoms with Crippen molar-refractivity contribution >= 4 is 17.2 Å². The highest BCUT2D eigenvalue weighted by molar-refractivity contribution is 7.11. The van der Waals surface area contributed by atoms with Gasteiger partial charge in [0.2, 0.25) is 0 Å². The molecule has 0 radical (unpaired) electrons. The number of hydrogen-bond donors (Lipinski definition) is 1. The predicted octanol–water partition coefficient (Wildman–Crippen LogP) is 3.87. The Labute approximate surface area is 132 Å². The van der Waals surface area contributed by atoms with Gasteiger partial charge in [-0.15, -0.1) is 0 Å². The normalized spacial score (nSPS) is 10.2. The van der Waals surface area contributed by atoms with E-state index in [1.807, 2.05) is 60.7 Å². The van der Waals surface area contributed by atoms with Crippen LogP contribution in [0, 0.1) is 0 Å². The summed E-state index contributed by atoms with van der Waals surface area (Å²) >= 11 is 1.30. The molecule has 0 saturated heterocycles. The van der Waals surface area contributed by atoms with Crippen LogP contribution in [0.25, 0.3) is 0 Å². The lowest BCUT2D eigenvalue weighted by molar-refractivity contribution is 0.0946. The van der Waals surface area contributed by atoms with Gasteiger partial charge < -0.3 is 10.1 Å². The summed E-state index contributed by atoms with van der Waals surface area (Å²) in [5.41, 5.74) is 1.42. The maximum absolute atomic E-state index is 12.1. The number of rotatable bonds is 5. The molecule has 2 aromatic carbocycles. The third-order valence-corrected chi connectivity index (χ3v) is 3.68. The molecule has 0 fully saturated rings. The fraction of sp³-hybridized carbons (Fsp3) is 0.0588. The average molecular weight is 310 g/mol. The Bertz CT molecular complexity index is 742. The number of carbonyl (C=O) groups is 1. The van der Waals surface area contributed by atoms with Gasteiger partial charge in [0.05, 0.1) is 0 Å². The van der Waals surface area contributed by atoms with Crippen LogP contribution in [0.15, 0.2) is 66.0 Å². The van der Waals surface area contributed by atoms with E-state index in [9.17, 15) is 4.79 Å². The van der Waals surface area contributed by atoms with Crippen molar-refractivity contribution in [2.24, 2.45) is 0 Å². The molecule has 1 amide bonds. The Kier molecular flexibility index (Phi) is 4.46. The second kappa shape index (κ2) is 6.87. The van der Waals surface area contributed by atoms with Crippen LogP contribution in [0.2, 0.25) is 0 Å². The second-order valence-electron chi connectivity index (χ2n) is 4.58. The fourth-order valence-corrected chi connectivity index (χ4v) is 2.53. The quantitative estimate of drug-likeness (QED) is 0.778. The van der Waals surface area contributed by atoms with Crippen molar-refractivity contribution in [1.29, 1.82) is 0 Å². The van der Waals surface area contributed by atoms with Gasteiger partial charge >= 0.3 is 0 Å². The fourth-order valence-electron chi connectivity index (χ4n) is 1.87. The summed E-state index contributed by atoms with van der Waals surface area (Å²) in [6.07, 6.45) is 0. The third kappa shape index (κ3) is 3.71. The van der Waals surface area contributed by atoms with Gasteiger partial charge in [0.25, 0.3) is 11.1 Å². The molecule has 3 aromatic rings. The molecule has 0 bridgehead atoms. The van der Waals surface area contributed by atoms with Gasteiger partial charge in [0.15, 0.2) is 0 Å². The number of nitrogens with zero attached hydrogens (tertiary/aromatic N) is 1. The maximum atomic E-state index is 12.1. The number of amides is 1. The van der Waals surface area contributed by atoms with Crippen molar-refractivity contribution in [1.82, 2.24) is 10.3 Å². The van der Waals surface area contributed by atoms with E-state index in [1.165, 1.54) is 11.3 Å². The molecule has 0 unspecified atom stereocenters. The van der Waals surface area contributed by atoms with Crippen molar-refractivity contribution in [3.63, 3.8) is 0 Å². The van der Waals surface area contributed by atoms with Gasteiger partial charge in [-0.3, -0.25) is 4.79 Å². The molecule has 22 heavy (non-hydrogen) atoms. The molecule has 0 aliphatic carbocycles. The van der Waals surface area contributed by atoms with Gasteiger partial charge in [-0.1, -0.05) is 59.9 Å². The molecule has 0 aliphatic heterocycles. The van der Waals surface area contributed by atoms with E-state index >= 15 is 0 Å². The van der Waals surface area contributed by atoms with Crippen LogP contribution < -0.4 is 10.1 Å². The van der Waals surface area contributed by atoms with Crippen LogP contribution in [-0.4, -0.2) is 10.9 Å². The van der Waals surface area contributed by atoms with Crippen molar-refractivity contribution in [3.8, 4) is 10.9 Å². The Balaban J connectivity index is 1.60. The van der Waals surface area contributed by atoms with Gasteiger partial charge in [-0.2, -0.15) is 4.98 Å². The minimum atomic E-state index is -0.206. The topological polar surface area (TPSA) is 51.2 Å². The Morgan fingerprint density at radius 3 is 2.45 bits per heavy atom. The summed E-state index contributed by atoms with van der Waals surface area (Å²) in [5.74, 6) is 0.496. The lowest BCUT2D eigenvalue weighted by Crippen LogP contribution is -2.22. The molecule has 4 nitrogen and oxygen atoms in total. The minimum absolute atomic E-state index is 0.206. The van der Waals surface area contributed by atoms with Gasteiger partial charge in [0, 0.05) is 11.9 Å². The summed E-state index contributed by atoms with van der Waals surface area (Å²) in [6, 6.07) is 19.1. The van der Waals surface area contributed by atoms with Gasteiger partial charge in [-0.05, 0) is 17.7 Å². The van der Waals surface area contributed by atoms with Crippen molar-refractivity contribution in [2.45, 2.75) is 6.54 Å². The van der Waals surface area contributed by atoms with E-state index in [2.05, 4.69) is 10.3 Å². The SMILES string of the molecule is O=C(NCc1ccccc1)c1csc(Oc2ccccc2)n1. The number of aromatic nitrogens is 1. The zero-order valence-corrected chi connectivity index (χ0v) is 12.5. The highest BCUT2D eigenvalue weighted by Gasteiger charge is 2.11. The number of carbonyl (C=O) groups excluding carboxylic acids is 1. The molecule has 1 heterocycles. The van der Waals surface area contributed by atoms with Crippen LogP contribution in [0.1, 0.15) is 16.1 Å². The van der Waals surface area contributed by atoms with Crippen LogP contribution in [0.5, 0.6) is 10.9 Å². The van der Waals surface area contributed by atoms with Crippen LogP contribution >= 0.6 is 11.3 Å². The van der Waals surface area contributed by atoms with Crippen molar-refractivity contribution in [3.05, 3.63) is 77.3 Å². The van der Waals surface area contributed by atoms with Crippen molar-refractivity contribution in [2.75, 3.05) is 0 Å². The first-order chi connectivity index (χ1) is 10.8. The van der Waals surface area contributed by atoms with E-state index in [4.69, 9.17) is 4.74 Å². The summed E-state index contributed by atoms with van der Waals surface area (Å²) in [5, 5.41) is 4.99. The average Bonchev–Trinajstić information content (AvgIpc) is 3.03. The Hall–Kier alpha value is -2.66. The smallest absolute Gasteiger partial charge is 0.279 e. The molecule has 3 rings (SSSR count). The maximum Gasteiger partial charge on any atom is 0.279 e. The first-order valence-corrected chi connectivity index (χ1v) is 7.70. The number of hydrogen-bond acceptors (Lipinski definition) is 4. The molecular weight excluding hydrogens is 296 g/mol. The summed E-state index contributed by atoms with van der Waals surface area (Å²) in [7, 11) is 0. The molecular formula is C17H14N2O2S. The number of nitrogens with one attached hydrogen (secondary N) is 1. The molecule has 0 atom stereocenters. The van der Waals surface area contributed by atoms with Crippen LogP contribution in [0.4, 0.5) is 0 Å². The molecule has 0 spiro atoms. The largest absolute Gasteiger partial charge is 0.431 e. The zero-order chi connectivity index (χ0) is 15.2. The highest BCUT2D eigenvalue weighted by atomic mass is 32.1. The van der Waals surface area contributed by atoms with Gasteiger partial charge in [0.1, 0.15) is 11.4 Å². The Morgan fingerprint density at radius 2 is 1.73 bits per heavy atom. The first-order valence-electron chi connectivity index (χ1n) is 6.82. The van der Waals surface area contributed by atoms with Crippen LogP contribution in [0.3, 0.4) is 0 Å². The third-order valence-electron chi connectivity index (χ3n) is 2.96. The van der Waals surface area contributed by atoms with E-state index in [-0.39, 0.29) is 5.91 Å². The Morgan fingerprint density at radius 1 is 1.05 bits per heavy atom. The molecule has 5 heteroatoms. The molecule has 1 N–H and O–H groups in total. The lowest BCUT2D eigenvalue weighted by atomic mass is 10.2. The van der Waals surface area contributed by atoms with Crippen molar-refractivity contribution < 1.29 is 9.53 Å². The molecule has 110 valence electrons. The van der Waals surface area contributed by atoms with E-state index in [0.29, 0.717) is 23.2 Å². The minimum Gasteiger partial charge on any atom is -0.431 e. The summed E-state index contributed by atoms with van der Waals surface area (Å²) in [4.78, 5) is 16.3. The molecule has 0 aliphatic rings. The highest BCUT2D eigenvalue weighted by Crippen LogP contribution is 2.24. The summed E-state index contributed by atoms with van der Waals surface area (Å²) in [6.45, 7) is 0.478. The number of benzene rings is 2. The second-order valence-corrected chi connectivity index (χ2v) is 5.40. The first kappa shape index (κ1) is 14.3. The lowest BCUT2D eigenvalue weighted by Gasteiger charge is -2.03. The predicted molar refractivity (Wildman–Crippen MR) is 86.2 cm³/mol. The van der Waals surface area contributed by atoms with E-state index < -0.39 is 0 Å². The molecule has 1 aromatic heterocycles. The van der Waals surface area contributed by atoms with Crippen LogP contribution in [-0.2, 0) is 6.54 Å². The number of para-hydroxylation sites is 1. The number of ether oxygens (including phenoxy) is 1.